The number of imidazole rings is 1. The lowest BCUT2D eigenvalue weighted by molar-refractivity contribution is -0.132. The second-order valence-corrected chi connectivity index (χ2v) is 16.5. The number of hydrogen-bond donors (Lipinski definition) is 1. The van der Waals surface area contributed by atoms with Crippen LogP contribution in [-0.2, 0) is 16.1 Å². The Labute approximate surface area is 347 Å². The lowest BCUT2D eigenvalue weighted by Crippen LogP contribution is -2.62. The third kappa shape index (κ3) is 6.23. The summed E-state index contributed by atoms with van der Waals surface area (Å²) in [6.07, 6.45) is 7.34. The molecule has 5 aromatic heterocycles. The zero-order chi connectivity index (χ0) is 41.7. The number of methoxy groups -OCH3 is 1. The van der Waals surface area contributed by atoms with Crippen LogP contribution >= 0.6 is 0 Å². The van der Waals surface area contributed by atoms with Gasteiger partial charge in [0.2, 0.25) is 11.9 Å². The van der Waals surface area contributed by atoms with Gasteiger partial charge in [0.15, 0.2) is 11.5 Å². The standard InChI is InChI=1S/C42H41F3N14O2/c1-22-49-34-11-24(44)9-30-33-5-4-6-37(51-33)50-25-12-36(41(60)54(2)18-29(61-3)19-55(22)38(30)34)56(17-25)39-31-16-47-59(35-8-7-23(43)10-32(35)45)40(31)53-42(52-39)58-27-13-26(14-28(58)15-27)57-21-46-20-48-57/h4-11,16,20-21,25-29,36H,12-15,17-19H2,1-3H3,(H,50,51)/t25-,26?,27-,28+,29-,36-/m0/s1. The van der Waals surface area contributed by atoms with Gasteiger partial charge < -0.3 is 29.3 Å². The van der Waals surface area contributed by atoms with Crippen molar-refractivity contribution in [2.24, 2.45) is 0 Å². The summed E-state index contributed by atoms with van der Waals surface area (Å²) in [4.78, 5) is 44.9. The van der Waals surface area contributed by atoms with Gasteiger partial charge in [-0.1, -0.05) is 6.07 Å². The van der Waals surface area contributed by atoms with E-state index in [1.165, 1.54) is 28.9 Å². The van der Waals surface area contributed by atoms with Gasteiger partial charge in [-0.3, -0.25) is 4.79 Å². The summed E-state index contributed by atoms with van der Waals surface area (Å²) >= 11 is 0. The van der Waals surface area contributed by atoms with Crippen LogP contribution in [0, 0.1) is 24.4 Å². The Morgan fingerprint density at radius 2 is 1.70 bits per heavy atom. The highest BCUT2D eigenvalue weighted by Crippen LogP contribution is 2.46. The van der Waals surface area contributed by atoms with E-state index in [0.717, 1.165) is 30.8 Å². The van der Waals surface area contributed by atoms with E-state index in [-0.39, 0.29) is 42.3 Å². The minimum absolute atomic E-state index is 0.0280. The van der Waals surface area contributed by atoms with Gasteiger partial charge in [-0.2, -0.15) is 20.2 Å². The molecule has 16 nitrogen and oxygen atoms in total. The first-order valence-corrected chi connectivity index (χ1v) is 20.4. The third-order valence-electron chi connectivity index (χ3n) is 12.8. The number of benzene rings is 2. The van der Waals surface area contributed by atoms with Gasteiger partial charge in [0.1, 0.15) is 53.5 Å². The van der Waals surface area contributed by atoms with Gasteiger partial charge in [0.25, 0.3) is 0 Å². The Bertz CT molecular complexity index is 2840. The number of anilines is 3. The van der Waals surface area contributed by atoms with Crippen molar-refractivity contribution in [1.29, 1.82) is 0 Å². The maximum Gasteiger partial charge on any atom is 0.245 e. The average molecular weight is 831 g/mol. The number of hydrogen-bond acceptors (Lipinski definition) is 12. The summed E-state index contributed by atoms with van der Waals surface area (Å²) in [5, 5.41) is 13.1. The van der Waals surface area contributed by atoms with Crippen LogP contribution in [0.2, 0.25) is 0 Å². The molecule has 1 N–H and O–H groups in total. The highest BCUT2D eigenvalue weighted by atomic mass is 19.1. The number of ether oxygens (including phenoxy) is 1. The SMILES string of the molecule is CO[C@H]1CN(C)C(=O)[C@@H]2C[C@@H](CN2c2nc(N3[C@@H]4CC(n5cncn5)C[C@H]3C4)nc3c2cnn3-c2ccc(F)cc2F)Nc2cccc(n2)-c2cc(F)cc3nc(C)n(c23)C1. The molecule has 61 heavy (non-hydrogen) atoms. The quantitative estimate of drug-likeness (QED) is 0.247. The number of piperidine rings is 1. The minimum Gasteiger partial charge on any atom is -0.378 e. The van der Waals surface area contributed by atoms with Crippen LogP contribution in [0.3, 0.4) is 0 Å². The van der Waals surface area contributed by atoms with E-state index < -0.39 is 29.6 Å². The van der Waals surface area contributed by atoms with Crippen molar-refractivity contribution in [3.8, 4) is 16.9 Å². The van der Waals surface area contributed by atoms with Crippen LogP contribution in [0.5, 0.6) is 0 Å². The number of aryl methyl sites for hydroxylation is 1. The Morgan fingerprint density at radius 3 is 2.49 bits per heavy atom. The van der Waals surface area contributed by atoms with Crippen LogP contribution in [0.4, 0.5) is 30.8 Å². The molecule has 1 unspecified atom stereocenters. The highest BCUT2D eigenvalue weighted by Gasteiger charge is 2.48. The number of fused-ring (bicyclic) bond motifs is 8. The minimum atomic E-state index is -0.795. The van der Waals surface area contributed by atoms with Crippen LogP contribution in [-0.4, -0.2) is 117 Å². The molecule has 6 atom stereocenters. The first-order valence-electron chi connectivity index (χ1n) is 20.4. The lowest BCUT2D eigenvalue weighted by Gasteiger charge is -2.55. The number of nitrogens with one attached hydrogen (secondary N) is 1. The summed E-state index contributed by atoms with van der Waals surface area (Å²) in [5.41, 5.74) is 2.74. The number of aromatic nitrogens is 10. The molecule has 9 heterocycles. The molecular formula is C42H41F3N14O2. The van der Waals surface area contributed by atoms with Gasteiger partial charge in [0.05, 0.1) is 47.0 Å². The molecule has 7 aromatic rings. The van der Waals surface area contributed by atoms with Crippen molar-refractivity contribution in [1.82, 2.24) is 53.9 Å². The summed E-state index contributed by atoms with van der Waals surface area (Å²) in [6.45, 7) is 2.79. The second-order valence-electron chi connectivity index (χ2n) is 16.5. The zero-order valence-electron chi connectivity index (χ0n) is 33.5. The zero-order valence-corrected chi connectivity index (χ0v) is 33.5. The highest BCUT2D eigenvalue weighted by molar-refractivity contribution is 5.94. The van der Waals surface area contributed by atoms with E-state index in [4.69, 9.17) is 24.7 Å². The van der Waals surface area contributed by atoms with Crippen molar-refractivity contribution >= 4 is 45.6 Å². The molecule has 0 radical (unpaired) electrons. The van der Waals surface area contributed by atoms with E-state index >= 15 is 8.78 Å². The molecule has 2 aromatic carbocycles. The van der Waals surface area contributed by atoms with Crippen LogP contribution in [0.1, 0.15) is 37.5 Å². The Morgan fingerprint density at radius 1 is 0.869 bits per heavy atom. The van der Waals surface area contributed by atoms with Crippen molar-refractivity contribution in [2.45, 2.75) is 75.5 Å². The monoisotopic (exact) mass is 830 g/mol. The Hall–Kier alpha value is -6.63. The molecule has 12 rings (SSSR count). The third-order valence-corrected chi connectivity index (χ3v) is 12.8. The molecule has 1 saturated carbocycles. The normalized spacial score (nSPS) is 23.9. The first kappa shape index (κ1) is 37.4. The number of halogens is 3. The molecule has 5 aliphatic rings. The Kier molecular flexibility index (Phi) is 8.73. The van der Waals surface area contributed by atoms with Gasteiger partial charge >= 0.3 is 0 Å². The fourth-order valence-corrected chi connectivity index (χ4v) is 9.95. The molecule has 1 amide bonds. The van der Waals surface area contributed by atoms with E-state index in [1.807, 2.05) is 39.3 Å². The Balaban J connectivity index is 1.02. The van der Waals surface area contributed by atoms with Gasteiger partial charge in [-0.25, -0.2) is 37.5 Å². The van der Waals surface area contributed by atoms with Gasteiger partial charge in [-0.05, 0) is 62.9 Å². The topological polar surface area (TPSA) is 153 Å². The van der Waals surface area contributed by atoms with Crippen molar-refractivity contribution in [3.05, 3.63) is 90.7 Å². The molecule has 4 fully saturated rings. The smallest absolute Gasteiger partial charge is 0.245 e. The van der Waals surface area contributed by atoms with Crippen LogP contribution in [0.25, 0.3) is 39.0 Å². The summed E-state index contributed by atoms with van der Waals surface area (Å²) < 4.78 is 56.1. The van der Waals surface area contributed by atoms with Crippen molar-refractivity contribution in [2.75, 3.05) is 42.4 Å². The van der Waals surface area contributed by atoms with E-state index in [1.54, 1.807) is 37.9 Å². The number of pyridine rings is 1. The number of carbonyl (C=O) groups is 1. The van der Waals surface area contributed by atoms with Gasteiger partial charge in [0, 0.05) is 63.1 Å². The van der Waals surface area contributed by atoms with Crippen LogP contribution < -0.4 is 15.1 Å². The maximum atomic E-state index is 15.5. The van der Waals surface area contributed by atoms with E-state index in [0.29, 0.717) is 70.7 Å². The molecule has 312 valence electrons. The van der Waals surface area contributed by atoms with Crippen LogP contribution in [0.15, 0.2) is 67.4 Å². The van der Waals surface area contributed by atoms with E-state index in [9.17, 15) is 9.18 Å². The number of rotatable bonds is 5. The average Bonchev–Trinajstić information content (AvgIpc) is 4.07. The molecule has 0 spiro atoms. The summed E-state index contributed by atoms with van der Waals surface area (Å²) in [6, 6.07) is 11.2. The molecule has 6 bridgehead atoms. The number of amides is 1. The fourth-order valence-electron chi connectivity index (χ4n) is 9.95. The number of nitrogens with zero attached hydrogens (tertiary/aromatic N) is 13. The summed E-state index contributed by atoms with van der Waals surface area (Å²) in [7, 11) is 3.37. The lowest BCUT2D eigenvalue weighted by atomic mass is 9.77. The predicted octanol–water partition coefficient (Wildman–Crippen LogP) is 5.07. The number of likely N-dealkylation sites (N-methyl/N-ethyl adjacent to an activating group) is 1. The summed E-state index contributed by atoms with van der Waals surface area (Å²) in [5.74, 6) is 0.0431. The van der Waals surface area contributed by atoms with E-state index in [2.05, 4.69) is 25.4 Å². The predicted molar refractivity (Wildman–Crippen MR) is 219 cm³/mol. The second kappa shape index (κ2) is 14.2. The molecule has 4 aliphatic heterocycles. The fraction of sp³-hybridized carbons (Fsp3) is 0.381. The molecule has 1 aliphatic carbocycles. The maximum absolute atomic E-state index is 15.5. The van der Waals surface area contributed by atoms with Crippen molar-refractivity contribution in [3.63, 3.8) is 0 Å². The van der Waals surface area contributed by atoms with Gasteiger partial charge in [-0.15, -0.1) is 0 Å². The largest absolute Gasteiger partial charge is 0.378 e. The van der Waals surface area contributed by atoms with Crippen molar-refractivity contribution < 1.29 is 22.7 Å². The first-order chi connectivity index (χ1) is 29.6. The molecule has 19 heteroatoms. The number of carbonyl (C=O) groups excluding carboxylic acids is 1. The molecular weight excluding hydrogens is 790 g/mol. The molecule has 3 saturated heterocycles.